The number of nitrogens with zero attached hydrogens (tertiary/aromatic N) is 3. The summed E-state index contributed by atoms with van der Waals surface area (Å²) in [5.41, 5.74) is 1.94. The van der Waals surface area contributed by atoms with Crippen molar-refractivity contribution in [1.82, 2.24) is 15.6 Å². The molecule has 0 saturated carbocycles. The smallest absolute Gasteiger partial charge is 0.251 e. The van der Waals surface area contributed by atoms with Gasteiger partial charge in [0.2, 0.25) is 12.2 Å². The van der Waals surface area contributed by atoms with Crippen molar-refractivity contribution in [3.63, 3.8) is 0 Å². The fourth-order valence-electron chi connectivity index (χ4n) is 2.53. The van der Waals surface area contributed by atoms with E-state index in [1.807, 2.05) is 32.9 Å². The highest BCUT2D eigenvalue weighted by atomic mass is 35.5. The number of nitrogens with one attached hydrogen (secondary N) is 3. The number of guanidine groups is 1. The van der Waals surface area contributed by atoms with Crippen molar-refractivity contribution in [2.24, 2.45) is 10.4 Å². The van der Waals surface area contributed by atoms with E-state index in [1.54, 1.807) is 36.7 Å². The first-order valence-corrected chi connectivity index (χ1v) is 9.68. The summed E-state index contributed by atoms with van der Waals surface area (Å²) in [5.74, 6) is 0.175. The zero-order valence-electron chi connectivity index (χ0n) is 16.8. The van der Waals surface area contributed by atoms with Crippen molar-refractivity contribution in [2.45, 2.75) is 27.2 Å². The molecule has 29 heavy (non-hydrogen) atoms. The van der Waals surface area contributed by atoms with E-state index in [0.29, 0.717) is 29.6 Å². The second kappa shape index (κ2) is 10.4. The summed E-state index contributed by atoms with van der Waals surface area (Å²) in [6.45, 7) is 6.95. The van der Waals surface area contributed by atoms with Gasteiger partial charge < -0.3 is 16.0 Å². The van der Waals surface area contributed by atoms with Gasteiger partial charge in [-0.2, -0.15) is 5.26 Å². The molecule has 0 saturated heterocycles. The van der Waals surface area contributed by atoms with Gasteiger partial charge in [-0.1, -0.05) is 32.4 Å². The lowest BCUT2D eigenvalue weighted by atomic mass is 9.93. The van der Waals surface area contributed by atoms with E-state index in [2.05, 4.69) is 25.9 Å². The van der Waals surface area contributed by atoms with Crippen molar-refractivity contribution < 1.29 is 4.79 Å². The summed E-state index contributed by atoms with van der Waals surface area (Å²) in [5, 5.41) is 18.8. The molecule has 1 heterocycles. The minimum atomic E-state index is -0.289. The third-order valence-electron chi connectivity index (χ3n) is 4.21. The molecule has 0 atom stereocenters. The average molecular weight is 413 g/mol. The van der Waals surface area contributed by atoms with Gasteiger partial charge in [0.1, 0.15) is 0 Å². The predicted octanol–water partition coefficient (Wildman–Crippen LogP) is 3.59. The fourth-order valence-corrected chi connectivity index (χ4v) is 2.66. The molecule has 0 aliphatic rings. The number of benzene rings is 1. The highest BCUT2D eigenvalue weighted by Gasteiger charge is 2.20. The van der Waals surface area contributed by atoms with Crippen LogP contribution in [0.5, 0.6) is 0 Å². The first-order valence-electron chi connectivity index (χ1n) is 9.30. The molecule has 1 aromatic carbocycles. The number of anilines is 1. The van der Waals surface area contributed by atoms with Crippen LogP contribution in [0.1, 0.15) is 36.8 Å². The number of amides is 1. The quantitative estimate of drug-likeness (QED) is 0.366. The maximum atomic E-state index is 12.3. The summed E-state index contributed by atoms with van der Waals surface area (Å²) in [6, 6.07) is 10.4. The van der Waals surface area contributed by atoms with E-state index in [0.717, 1.165) is 17.8 Å². The summed E-state index contributed by atoms with van der Waals surface area (Å²) in [4.78, 5) is 20.4. The molecule has 2 rings (SSSR count). The first-order chi connectivity index (χ1) is 13.8. The Morgan fingerprint density at radius 1 is 1.21 bits per heavy atom. The predicted molar refractivity (Wildman–Crippen MR) is 116 cm³/mol. The molecule has 0 fully saturated rings. The van der Waals surface area contributed by atoms with Crippen molar-refractivity contribution in [2.75, 3.05) is 18.4 Å². The summed E-state index contributed by atoms with van der Waals surface area (Å²) in [7, 11) is 0. The lowest BCUT2D eigenvalue weighted by Gasteiger charge is -2.26. The molecule has 0 aliphatic heterocycles. The third-order valence-corrected chi connectivity index (χ3v) is 4.46. The van der Waals surface area contributed by atoms with Crippen LogP contribution in [-0.2, 0) is 6.42 Å². The fraction of sp³-hybridized carbons (Fsp3) is 0.333. The lowest BCUT2D eigenvalue weighted by molar-refractivity contribution is 0.0937. The number of hydrogen-bond donors (Lipinski definition) is 3. The number of aromatic nitrogens is 1. The van der Waals surface area contributed by atoms with Crippen LogP contribution in [0.3, 0.4) is 0 Å². The Labute approximate surface area is 176 Å². The first kappa shape index (κ1) is 22.2. The standard InChI is InChI=1S/C21H25ClN6O/c1-4-17-18(6-5-11-24-17)28-20(27-14-23)26-13-21(2,3)12-25-19(29)15-7-9-16(22)10-8-15/h5-11H,4,12-13H2,1-3H3,(H,25,29)(H2,26,27,28). The Morgan fingerprint density at radius 3 is 2.55 bits per heavy atom. The normalized spacial score (nSPS) is 11.5. The topological polar surface area (TPSA) is 102 Å². The number of carbonyl (C=O) groups is 1. The van der Waals surface area contributed by atoms with Gasteiger partial charge in [-0.05, 0) is 48.2 Å². The maximum absolute atomic E-state index is 12.3. The number of nitriles is 1. The molecular weight excluding hydrogens is 388 g/mol. The van der Waals surface area contributed by atoms with Crippen LogP contribution in [0.15, 0.2) is 47.6 Å². The molecule has 8 heteroatoms. The Kier molecular flexibility index (Phi) is 7.98. The van der Waals surface area contributed by atoms with E-state index < -0.39 is 0 Å². The number of aryl methyl sites for hydroxylation is 1. The van der Waals surface area contributed by atoms with Crippen LogP contribution in [0.2, 0.25) is 5.02 Å². The van der Waals surface area contributed by atoms with Gasteiger partial charge in [0.15, 0.2) is 0 Å². The number of hydrogen-bond acceptors (Lipinski definition) is 4. The van der Waals surface area contributed by atoms with E-state index in [4.69, 9.17) is 16.9 Å². The van der Waals surface area contributed by atoms with Crippen LogP contribution < -0.4 is 16.0 Å². The van der Waals surface area contributed by atoms with Gasteiger partial charge in [0.05, 0.1) is 11.4 Å². The molecular formula is C21H25ClN6O. The van der Waals surface area contributed by atoms with Gasteiger partial charge in [0.25, 0.3) is 5.91 Å². The molecule has 0 radical (unpaired) electrons. The number of carbonyl (C=O) groups excluding carboxylic acids is 1. The maximum Gasteiger partial charge on any atom is 0.251 e. The molecule has 2 aromatic rings. The lowest BCUT2D eigenvalue weighted by Crippen LogP contribution is -2.43. The molecule has 3 N–H and O–H groups in total. The Balaban J connectivity index is 1.93. The highest BCUT2D eigenvalue weighted by Crippen LogP contribution is 2.15. The second-order valence-electron chi connectivity index (χ2n) is 7.24. The summed E-state index contributed by atoms with van der Waals surface area (Å²) >= 11 is 5.86. The summed E-state index contributed by atoms with van der Waals surface area (Å²) in [6.07, 6.45) is 4.28. The van der Waals surface area contributed by atoms with Crippen LogP contribution in [-0.4, -0.2) is 29.9 Å². The molecule has 7 nitrogen and oxygen atoms in total. The van der Waals surface area contributed by atoms with Crippen LogP contribution in [0.4, 0.5) is 5.69 Å². The van der Waals surface area contributed by atoms with Crippen LogP contribution >= 0.6 is 11.6 Å². The number of pyridine rings is 1. The van der Waals surface area contributed by atoms with Gasteiger partial charge in [-0.25, -0.2) is 0 Å². The minimum absolute atomic E-state index is 0.165. The highest BCUT2D eigenvalue weighted by molar-refractivity contribution is 6.30. The second-order valence-corrected chi connectivity index (χ2v) is 7.68. The van der Waals surface area contributed by atoms with E-state index in [-0.39, 0.29) is 11.3 Å². The minimum Gasteiger partial charge on any atom is -0.355 e. The molecule has 0 unspecified atom stereocenters. The van der Waals surface area contributed by atoms with Crippen molar-refractivity contribution in [1.29, 1.82) is 5.26 Å². The van der Waals surface area contributed by atoms with Crippen molar-refractivity contribution in [3.05, 3.63) is 58.9 Å². The zero-order valence-corrected chi connectivity index (χ0v) is 17.5. The number of halogens is 1. The molecule has 0 bridgehead atoms. The van der Waals surface area contributed by atoms with Crippen LogP contribution in [0.25, 0.3) is 0 Å². The van der Waals surface area contributed by atoms with Crippen molar-refractivity contribution in [3.8, 4) is 6.19 Å². The monoisotopic (exact) mass is 412 g/mol. The summed E-state index contributed by atoms with van der Waals surface area (Å²) < 4.78 is 0. The van der Waals surface area contributed by atoms with E-state index >= 15 is 0 Å². The zero-order chi connectivity index (χ0) is 21.3. The Morgan fingerprint density at radius 2 is 1.90 bits per heavy atom. The molecule has 1 amide bonds. The molecule has 1 aromatic heterocycles. The number of aliphatic imine (C=N–C) groups is 1. The van der Waals surface area contributed by atoms with Gasteiger partial charge in [0, 0.05) is 29.9 Å². The average Bonchev–Trinajstić information content (AvgIpc) is 2.71. The molecule has 0 aliphatic carbocycles. The molecule has 0 spiro atoms. The van der Waals surface area contributed by atoms with E-state index in [9.17, 15) is 4.79 Å². The molecule has 152 valence electrons. The van der Waals surface area contributed by atoms with Crippen LogP contribution in [0, 0.1) is 16.9 Å². The number of rotatable bonds is 7. The largest absolute Gasteiger partial charge is 0.355 e. The van der Waals surface area contributed by atoms with Gasteiger partial charge >= 0.3 is 0 Å². The SMILES string of the molecule is CCc1ncccc1NC(=NC#N)NCC(C)(C)CNC(=O)c1ccc(Cl)cc1. The van der Waals surface area contributed by atoms with Crippen molar-refractivity contribution >= 4 is 29.2 Å². The van der Waals surface area contributed by atoms with E-state index in [1.165, 1.54) is 0 Å². The Bertz CT molecular complexity index is 902. The third kappa shape index (κ3) is 7.09. The van der Waals surface area contributed by atoms with Gasteiger partial charge in [-0.15, -0.1) is 4.99 Å². The Hall–Kier alpha value is -3.11. The van der Waals surface area contributed by atoms with Gasteiger partial charge in [-0.3, -0.25) is 9.78 Å².